The Bertz CT molecular complexity index is 302. The summed E-state index contributed by atoms with van der Waals surface area (Å²) in [6.07, 6.45) is 4.73. The molecule has 1 fully saturated rings. The maximum atomic E-state index is 5.52. The number of hydrogen-bond acceptors (Lipinski definition) is 3. The van der Waals surface area contributed by atoms with E-state index in [1.54, 1.807) is 0 Å². The summed E-state index contributed by atoms with van der Waals surface area (Å²) in [5.74, 6) is 0.929. The lowest BCUT2D eigenvalue weighted by molar-refractivity contribution is 0.120. The SMILES string of the molecule is Cc1cn(C)c(NCC2CCCO2)n1. The lowest BCUT2D eigenvalue weighted by Gasteiger charge is -2.10. The molecular formula is C10H17N3O. The number of aryl methyl sites for hydroxylation is 2. The number of aromatic nitrogens is 2. The minimum absolute atomic E-state index is 0.368. The van der Waals surface area contributed by atoms with Gasteiger partial charge in [-0.3, -0.25) is 0 Å². The van der Waals surface area contributed by atoms with Gasteiger partial charge in [0.15, 0.2) is 0 Å². The van der Waals surface area contributed by atoms with E-state index < -0.39 is 0 Å². The Morgan fingerprint density at radius 1 is 1.71 bits per heavy atom. The van der Waals surface area contributed by atoms with Gasteiger partial charge in [-0.15, -0.1) is 0 Å². The second-order valence-electron chi connectivity index (χ2n) is 3.83. The van der Waals surface area contributed by atoms with Crippen LogP contribution in [-0.4, -0.2) is 28.8 Å². The molecule has 0 aliphatic carbocycles. The van der Waals surface area contributed by atoms with E-state index >= 15 is 0 Å². The Labute approximate surface area is 84.3 Å². The average Bonchev–Trinajstić information content (AvgIpc) is 2.72. The van der Waals surface area contributed by atoms with Crippen LogP contribution in [0.2, 0.25) is 0 Å². The number of imidazole rings is 1. The molecule has 14 heavy (non-hydrogen) atoms. The summed E-state index contributed by atoms with van der Waals surface area (Å²) in [5, 5.41) is 3.30. The first-order valence-electron chi connectivity index (χ1n) is 5.11. The van der Waals surface area contributed by atoms with Gasteiger partial charge in [-0.05, 0) is 19.8 Å². The molecule has 1 aromatic rings. The van der Waals surface area contributed by atoms with Gasteiger partial charge in [0.2, 0.25) is 5.95 Å². The zero-order chi connectivity index (χ0) is 9.97. The molecule has 0 spiro atoms. The standard InChI is InChI=1S/C10H17N3O/c1-8-7-13(2)10(12-8)11-6-9-4-3-5-14-9/h7,9H,3-6H2,1-2H3,(H,11,12). The van der Waals surface area contributed by atoms with Crippen molar-refractivity contribution in [3.05, 3.63) is 11.9 Å². The predicted octanol–water partition coefficient (Wildman–Crippen LogP) is 1.32. The van der Waals surface area contributed by atoms with E-state index in [0.717, 1.165) is 31.2 Å². The quantitative estimate of drug-likeness (QED) is 0.790. The molecule has 2 rings (SSSR count). The van der Waals surface area contributed by atoms with Crippen molar-refractivity contribution in [2.75, 3.05) is 18.5 Å². The van der Waals surface area contributed by atoms with Gasteiger partial charge in [0.25, 0.3) is 0 Å². The van der Waals surface area contributed by atoms with E-state index in [1.165, 1.54) is 6.42 Å². The highest BCUT2D eigenvalue weighted by molar-refractivity contribution is 5.28. The second-order valence-corrected chi connectivity index (χ2v) is 3.83. The van der Waals surface area contributed by atoms with Crippen molar-refractivity contribution in [1.82, 2.24) is 9.55 Å². The molecule has 4 nitrogen and oxygen atoms in total. The van der Waals surface area contributed by atoms with E-state index in [1.807, 2.05) is 24.7 Å². The van der Waals surface area contributed by atoms with Crippen molar-refractivity contribution >= 4 is 5.95 Å². The fraction of sp³-hybridized carbons (Fsp3) is 0.700. The van der Waals surface area contributed by atoms with Crippen LogP contribution in [0.25, 0.3) is 0 Å². The van der Waals surface area contributed by atoms with Crippen LogP contribution >= 0.6 is 0 Å². The van der Waals surface area contributed by atoms with Crippen LogP contribution in [0.5, 0.6) is 0 Å². The molecule has 1 unspecified atom stereocenters. The second kappa shape index (κ2) is 4.00. The highest BCUT2D eigenvalue weighted by Gasteiger charge is 2.15. The molecule has 0 bridgehead atoms. The van der Waals surface area contributed by atoms with Crippen molar-refractivity contribution in [2.24, 2.45) is 7.05 Å². The first-order chi connectivity index (χ1) is 6.75. The van der Waals surface area contributed by atoms with Crippen LogP contribution in [-0.2, 0) is 11.8 Å². The van der Waals surface area contributed by atoms with Crippen LogP contribution in [0, 0.1) is 6.92 Å². The fourth-order valence-corrected chi connectivity index (χ4v) is 1.79. The van der Waals surface area contributed by atoms with Gasteiger partial charge in [0.05, 0.1) is 11.8 Å². The number of rotatable bonds is 3. The molecule has 4 heteroatoms. The topological polar surface area (TPSA) is 39.1 Å². The minimum Gasteiger partial charge on any atom is -0.376 e. The molecular weight excluding hydrogens is 178 g/mol. The maximum Gasteiger partial charge on any atom is 0.202 e. The smallest absolute Gasteiger partial charge is 0.202 e. The number of nitrogens with one attached hydrogen (secondary N) is 1. The molecule has 1 N–H and O–H groups in total. The lowest BCUT2D eigenvalue weighted by atomic mass is 10.2. The third-order valence-corrected chi connectivity index (χ3v) is 2.51. The third kappa shape index (κ3) is 2.07. The number of anilines is 1. The van der Waals surface area contributed by atoms with E-state index in [2.05, 4.69) is 10.3 Å². The summed E-state index contributed by atoms with van der Waals surface area (Å²) in [5.41, 5.74) is 1.04. The largest absolute Gasteiger partial charge is 0.376 e. The molecule has 1 atom stereocenters. The highest BCUT2D eigenvalue weighted by Crippen LogP contribution is 2.13. The zero-order valence-corrected chi connectivity index (χ0v) is 8.79. The zero-order valence-electron chi connectivity index (χ0n) is 8.79. The van der Waals surface area contributed by atoms with Crippen LogP contribution in [0.3, 0.4) is 0 Å². The normalized spacial score (nSPS) is 21.4. The van der Waals surface area contributed by atoms with Crippen molar-refractivity contribution in [2.45, 2.75) is 25.9 Å². The Morgan fingerprint density at radius 3 is 3.14 bits per heavy atom. The van der Waals surface area contributed by atoms with Crippen LogP contribution in [0.4, 0.5) is 5.95 Å². The van der Waals surface area contributed by atoms with Gasteiger partial charge in [-0.25, -0.2) is 4.98 Å². The Balaban J connectivity index is 1.87. The summed E-state index contributed by atoms with van der Waals surface area (Å²) < 4.78 is 7.53. The number of nitrogens with zero attached hydrogens (tertiary/aromatic N) is 2. The van der Waals surface area contributed by atoms with Gasteiger partial charge in [0, 0.05) is 26.4 Å². The Hall–Kier alpha value is -1.03. The lowest BCUT2D eigenvalue weighted by Crippen LogP contribution is -2.19. The Morgan fingerprint density at radius 2 is 2.57 bits per heavy atom. The van der Waals surface area contributed by atoms with Gasteiger partial charge >= 0.3 is 0 Å². The fourth-order valence-electron chi connectivity index (χ4n) is 1.79. The first-order valence-corrected chi connectivity index (χ1v) is 5.11. The summed E-state index contributed by atoms with van der Waals surface area (Å²) in [7, 11) is 2.00. The molecule has 0 aromatic carbocycles. The highest BCUT2D eigenvalue weighted by atomic mass is 16.5. The molecule has 0 radical (unpaired) electrons. The molecule has 2 heterocycles. The van der Waals surface area contributed by atoms with Crippen molar-refractivity contribution < 1.29 is 4.74 Å². The average molecular weight is 195 g/mol. The molecule has 0 saturated carbocycles. The van der Waals surface area contributed by atoms with Gasteiger partial charge in [0.1, 0.15) is 0 Å². The minimum atomic E-state index is 0.368. The van der Waals surface area contributed by atoms with E-state index in [-0.39, 0.29) is 0 Å². The molecule has 1 aromatic heterocycles. The molecule has 78 valence electrons. The Kier molecular flexibility index (Phi) is 2.72. The summed E-state index contributed by atoms with van der Waals surface area (Å²) in [6.45, 7) is 3.77. The monoisotopic (exact) mass is 195 g/mol. The predicted molar refractivity (Wildman–Crippen MR) is 55.4 cm³/mol. The van der Waals surface area contributed by atoms with Gasteiger partial charge < -0.3 is 14.6 Å². The van der Waals surface area contributed by atoms with Crippen LogP contribution in [0.15, 0.2) is 6.20 Å². The van der Waals surface area contributed by atoms with Crippen molar-refractivity contribution in [3.63, 3.8) is 0 Å². The van der Waals surface area contributed by atoms with Crippen molar-refractivity contribution in [1.29, 1.82) is 0 Å². The van der Waals surface area contributed by atoms with Crippen LogP contribution < -0.4 is 5.32 Å². The molecule has 0 amide bonds. The van der Waals surface area contributed by atoms with Crippen LogP contribution in [0.1, 0.15) is 18.5 Å². The van der Waals surface area contributed by atoms with E-state index in [4.69, 9.17) is 4.74 Å². The number of ether oxygens (including phenoxy) is 1. The molecule has 1 saturated heterocycles. The molecule has 1 aliphatic heterocycles. The van der Waals surface area contributed by atoms with E-state index in [0.29, 0.717) is 6.10 Å². The van der Waals surface area contributed by atoms with Crippen molar-refractivity contribution in [3.8, 4) is 0 Å². The first kappa shape index (κ1) is 9.52. The summed E-state index contributed by atoms with van der Waals surface area (Å²) >= 11 is 0. The van der Waals surface area contributed by atoms with E-state index in [9.17, 15) is 0 Å². The van der Waals surface area contributed by atoms with Gasteiger partial charge in [-0.2, -0.15) is 0 Å². The third-order valence-electron chi connectivity index (χ3n) is 2.51. The van der Waals surface area contributed by atoms with Gasteiger partial charge in [-0.1, -0.05) is 0 Å². The maximum absolute atomic E-state index is 5.52. The summed E-state index contributed by atoms with van der Waals surface area (Å²) in [6, 6.07) is 0. The molecule has 1 aliphatic rings. The number of hydrogen-bond donors (Lipinski definition) is 1. The summed E-state index contributed by atoms with van der Waals surface area (Å²) in [4.78, 5) is 4.37.